The fourth-order valence-electron chi connectivity index (χ4n) is 2.91. The van der Waals surface area contributed by atoms with Gasteiger partial charge in [-0.3, -0.25) is 4.79 Å². The van der Waals surface area contributed by atoms with E-state index in [1.54, 1.807) is 14.2 Å². The minimum Gasteiger partial charge on any atom is -0.493 e. The molecule has 0 aromatic heterocycles. The third-order valence-corrected chi connectivity index (χ3v) is 4.94. The summed E-state index contributed by atoms with van der Waals surface area (Å²) in [6.07, 6.45) is 6.39. The third-order valence-electron chi connectivity index (χ3n) is 4.20. The van der Waals surface area contributed by atoms with E-state index in [-0.39, 0.29) is 11.9 Å². The molecular weight excluding hydrogens is 358 g/mol. The first-order valence-electron chi connectivity index (χ1n) is 7.86. The van der Waals surface area contributed by atoms with Crippen LogP contribution in [0.25, 0.3) is 0 Å². The standard InChI is InChI=1S/C18H24BrNO3/c1-12(2)15-7-5-6-8-20(15)18(21)10-13-9-16(22-3)17(23-4)11-14(13)19/h6,8-9,11-12,15H,5,7,10H2,1-4H3. The van der Waals surface area contributed by atoms with Crippen molar-refractivity contribution >= 4 is 21.8 Å². The number of benzene rings is 1. The van der Waals surface area contributed by atoms with Crippen LogP contribution in [0.3, 0.4) is 0 Å². The molecule has 126 valence electrons. The Morgan fingerprint density at radius 2 is 1.96 bits per heavy atom. The lowest BCUT2D eigenvalue weighted by atomic mass is 9.94. The van der Waals surface area contributed by atoms with E-state index in [2.05, 4.69) is 35.9 Å². The van der Waals surface area contributed by atoms with Crippen molar-refractivity contribution in [2.75, 3.05) is 14.2 Å². The molecule has 1 atom stereocenters. The van der Waals surface area contributed by atoms with E-state index in [0.29, 0.717) is 23.8 Å². The van der Waals surface area contributed by atoms with Crippen LogP contribution in [0.1, 0.15) is 32.3 Å². The van der Waals surface area contributed by atoms with E-state index in [1.807, 2.05) is 23.2 Å². The second-order valence-electron chi connectivity index (χ2n) is 6.05. The predicted octanol–water partition coefficient (Wildman–Crippen LogP) is 4.17. The SMILES string of the molecule is COc1cc(Br)c(CC(=O)N2C=CCCC2C(C)C)cc1OC. The Morgan fingerprint density at radius 3 is 2.57 bits per heavy atom. The van der Waals surface area contributed by atoms with Gasteiger partial charge >= 0.3 is 0 Å². The monoisotopic (exact) mass is 381 g/mol. The number of methoxy groups -OCH3 is 2. The summed E-state index contributed by atoms with van der Waals surface area (Å²) in [6, 6.07) is 3.97. The molecule has 1 aliphatic heterocycles. The largest absolute Gasteiger partial charge is 0.493 e. The molecule has 0 N–H and O–H groups in total. The molecule has 2 rings (SSSR count). The van der Waals surface area contributed by atoms with Crippen LogP contribution in [0.2, 0.25) is 0 Å². The van der Waals surface area contributed by atoms with Gasteiger partial charge in [-0.15, -0.1) is 0 Å². The van der Waals surface area contributed by atoms with E-state index >= 15 is 0 Å². The Kier molecular flexibility index (Phi) is 6.10. The highest BCUT2D eigenvalue weighted by molar-refractivity contribution is 9.10. The van der Waals surface area contributed by atoms with Crippen LogP contribution in [0.15, 0.2) is 28.9 Å². The summed E-state index contributed by atoms with van der Waals surface area (Å²) in [4.78, 5) is 14.7. The van der Waals surface area contributed by atoms with Crippen LogP contribution in [0.5, 0.6) is 11.5 Å². The Morgan fingerprint density at radius 1 is 1.30 bits per heavy atom. The zero-order valence-corrected chi connectivity index (χ0v) is 15.7. The minimum atomic E-state index is 0.104. The topological polar surface area (TPSA) is 38.8 Å². The third kappa shape index (κ3) is 4.08. The smallest absolute Gasteiger partial charge is 0.231 e. The number of allylic oxidation sites excluding steroid dienone is 1. The van der Waals surface area contributed by atoms with Crippen molar-refractivity contribution in [3.05, 3.63) is 34.4 Å². The number of halogens is 1. The molecule has 5 heteroatoms. The lowest BCUT2D eigenvalue weighted by Gasteiger charge is -2.34. The van der Waals surface area contributed by atoms with E-state index in [9.17, 15) is 4.79 Å². The zero-order valence-electron chi connectivity index (χ0n) is 14.1. The first-order valence-corrected chi connectivity index (χ1v) is 8.65. The van der Waals surface area contributed by atoms with Crippen LogP contribution in [-0.2, 0) is 11.2 Å². The molecule has 0 saturated carbocycles. The average molecular weight is 382 g/mol. The number of hydrogen-bond donors (Lipinski definition) is 0. The zero-order chi connectivity index (χ0) is 17.0. The Balaban J connectivity index is 2.22. The number of carbonyl (C=O) groups is 1. The molecule has 1 amide bonds. The Bertz CT molecular complexity index is 598. The maximum atomic E-state index is 12.8. The van der Waals surface area contributed by atoms with Gasteiger partial charge < -0.3 is 14.4 Å². The highest BCUT2D eigenvalue weighted by Gasteiger charge is 2.27. The molecule has 0 saturated heterocycles. The molecule has 4 nitrogen and oxygen atoms in total. The molecule has 1 aromatic carbocycles. The molecule has 1 unspecified atom stereocenters. The van der Waals surface area contributed by atoms with Crippen molar-refractivity contribution in [3.63, 3.8) is 0 Å². The van der Waals surface area contributed by atoms with Crippen LogP contribution < -0.4 is 9.47 Å². The van der Waals surface area contributed by atoms with Crippen molar-refractivity contribution in [1.82, 2.24) is 4.90 Å². The van der Waals surface area contributed by atoms with Crippen LogP contribution in [0.4, 0.5) is 0 Å². The van der Waals surface area contributed by atoms with Gasteiger partial charge in [0, 0.05) is 16.7 Å². The molecule has 0 aliphatic carbocycles. The summed E-state index contributed by atoms with van der Waals surface area (Å²) in [5.41, 5.74) is 0.897. The molecule has 1 aromatic rings. The van der Waals surface area contributed by atoms with Gasteiger partial charge in [0.15, 0.2) is 11.5 Å². The number of amides is 1. The van der Waals surface area contributed by atoms with Crippen LogP contribution in [-0.4, -0.2) is 31.1 Å². The molecule has 0 bridgehead atoms. The number of nitrogens with zero attached hydrogens (tertiary/aromatic N) is 1. The molecule has 0 spiro atoms. The van der Waals surface area contributed by atoms with Gasteiger partial charge in [0.25, 0.3) is 0 Å². The quantitative estimate of drug-likeness (QED) is 0.767. The lowest BCUT2D eigenvalue weighted by molar-refractivity contribution is -0.131. The van der Waals surface area contributed by atoms with Gasteiger partial charge in [-0.2, -0.15) is 0 Å². The van der Waals surface area contributed by atoms with E-state index in [0.717, 1.165) is 22.9 Å². The highest BCUT2D eigenvalue weighted by Crippen LogP contribution is 2.34. The van der Waals surface area contributed by atoms with Crippen molar-refractivity contribution in [3.8, 4) is 11.5 Å². The van der Waals surface area contributed by atoms with Gasteiger partial charge in [-0.25, -0.2) is 0 Å². The second-order valence-corrected chi connectivity index (χ2v) is 6.90. The van der Waals surface area contributed by atoms with Crippen molar-refractivity contribution in [2.45, 2.75) is 39.2 Å². The summed E-state index contributed by atoms with van der Waals surface area (Å²) in [5.74, 6) is 1.83. The maximum absolute atomic E-state index is 12.8. The van der Waals surface area contributed by atoms with Gasteiger partial charge in [-0.05, 0) is 36.5 Å². The number of ether oxygens (including phenoxy) is 2. The minimum absolute atomic E-state index is 0.104. The fraction of sp³-hybridized carbons (Fsp3) is 0.500. The number of rotatable bonds is 5. The summed E-state index contributed by atoms with van der Waals surface area (Å²) in [5, 5.41) is 0. The maximum Gasteiger partial charge on any atom is 0.231 e. The van der Waals surface area contributed by atoms with Crippen molar-refractivity contribution in [1.29, 1.82) is 0 Å². The second kappa shape index (κ2) is 7.86. The Labute approximate surface area is 146 Å². The first-order chi connectivity index (χ1) is 11.0. The molecule has 1 aliphatic rings. The molecular formula is C18H24BrNO3. The predicted molar refractivity (Wildman–Crippen MR) is 94.8 cm³/mol. The first kappa shape index (κ1) is 17.9. The molecule has 0 radical (unpaired) electrons. The van der Waals surface area contributed by atoms with E-state index < -0.39 is 0 Å². The van der Waals surface area contributed by atoms with Crippen LogP contribution >= 0.6 is 15.9 Å². The Hall–Kier alpha value is -1.49. The van der Waals surface area contributed by atoms with Crippen molar-refractivity contribution < 1.29 is 14.3 Å². The van der Waals surface area contributed by atoms with Gasteiger partial charge in [-0.1, -0.05) is 35.9 Å². The van der Waals surface area contributed by atoms with E-state index in [4.69, 9.17) is 9.47 Å². The van der Waals surface area contributed by atoms with Gasteiger partial charge in [0.2, 0.25) is 5.91 Å². The summed E-state index contributed by atoms with van der Waals surface area (Å²) in [7, 11) is 3.19. The van der Waals surface area contributed by atoms with E-state index in [1.165, 1.54) is 0 Å². The molecule has 0 fully saturated rings. The normalized spacial score (nSPS) is 17.5. The summed E-state index contributed by atoms with van der Waals surface area (Å²) < 4.78 is 11.5. The molecule has 1 heterocycles. The number of carbonyl (C=O) groups excluding carboxylic acids is 1. The summed E-state index contributed by atoms with van der Waals surface area (Å²) >= 11 is 3.52. The number of hydrogen-bond acceptors (Lipinski definition) is 3. The average Bonchev–Trinajstić information content (AvgIpc) is 2.56. The summed E-state index contributed by atoms with van der Waals surface area (Å²) in [6.45, 7) is 4.33. The fourth-order valence-corrected chi connectivity index (χ4v) is 3.38. The van der Waals surface area contributed by atoms with Gasteiger partial charge in [0.1, 0.15) is 0 Å². The highest BCUT2D eigenvalue weighted by atomic mass is 79.9. The van der Waals surface area contributed by atoms with Gasteiger partial charge in [0.05, 0.1) is 20.6 Å². The van der Waals surface area contributed by atoms with Crippen molar-refractivity contribution in [2.24, 2.45) is 5.92 Å². The lowest BCUT2D eigenvalue weighted by Crippen LogP contribution is -2.41. The van der Waals surface area contributed by atoms with Crippen LogP contribution in [0, 0.1) is 5.92 Å². The molecule has 23 heavy (non-hydrogen) atoms.